The molecule has 0 fully saturated rings. The number of ether oxygens (including phenoxy) is 1. The summed E-state index contributed by atoms with van der Waals surface area (Å²) in [4.78, 5) is 63.1. The third-order valence-corrected chi connectivity index (χ3v) is 6.19. The highest BCUT2D eigenvalue weighted by molar-refractivity contribution is 6.10. The first-order chi connectivity index (χ1) is 19.8. The lowest BCUT2D eigenvalue weighted by atomic mass is 9.95. The molecule has 0 radical (unpaired) electrons. The Balaban J connectivity index is 1.83. The standard InChI is InChI=1S/C29H29F3N4O6/c1-17(2)24(25(38)29(31,32)27(40)33-15-18-9-11-20(30)12-10-18)35-23(37)16-36-22(19-7-5-4-6-8-19)14-13-21(26(36)39)34-28(41)42-3/h4-14,17,24H,15-16H2,1-3H3,(H,33,40)(H,34,41)(H,35,37). The van der Waals surface area contributed by atoms with Crippen molar-refractivity contribution in [3.8, 4) is 11.3 Å². The lowest BCUT2D eigenvalue weighted by molar-refractivity contribution is -0.161. The van der Waals surface area contributed by atoms with Crippen molar-refractivity contribution in [2.75, 3.05) is 12.4 Å². The van der Waals surface area contributed by atoms with E-state index in [1.54, 1.807) is 30.3 Å². The Bertz CT molecular complexity index is 1510. The fourth-order valence-electron chi connectivity index (χ4n) is 3.95. The van der Waals surface area contributed by atoms with Gasteiger partial charge in [-0.05, 0) is 41.3 Å². The number of anilines is 1. The number of rotatable bonds is 11. The molecule has 1 aromatic heterocycles. The van der Waals surface area contributed by atoms with Gasteiger partial charge in [0.1, 0.15) is 18.0 Å². The van der Waals surface area contributed by atoms with Gasteiger partial charge in [0.2, 0.25) is 11.7 Å². The van der Waals surface area contributed by atoms with Crippen LogP contribution in [0.1, 0.15) is 19.4 Å². The molecule has 0 saturated heterocycles. The molecule has 3 aromatic rings. The van der Waals surface area contributed by atoms with Gasteiger partial charge in [0.05, 0.1) is 18.8 Å². The fourth-order valence-corrected chi connectivity index (χ4v) is 3.95. The molecule has 3 rings (SSSR count). The number of aromatic nitrogens is 1. The number of halogens is 3. The molecule has 222 valence electrons. The topological polar surface area (TPSA) is 136 Å². The summed E-state index contributed by atoms with van der Waals surface area (Å²) < 4.78 is 48.5. The van der Waals surface area contributed by atoms with Crippen molar-refractivity contribution in [1.82, 2.24) is 15.2 Å². The summed E-state index contributed by atoms with van der Waals surface area (Å²) in [6.07, 6.45) is -0.930. The highest BCUT2D eigenvalue weighted by Gasteiger charge is 2.51. The lowest BCUT2D eigenvalue weighted by Gasteiger charge is -2.25. The van der Waals surface area contributed by atoms with Crippen LogP contribution in [0.25, 0.3) is 11.3 Å². The van der Waals surface area contributed by atoms with Crippen LogP contribution in [0.2, 0.25) is 0 Å². The van der Waals surface area contributed by atoms with E-state index in [1.807, 2.05) is 5.32 Å². The van der Waals surface area contributed by atoms with Crippen LogP contribution in [0.5, 0.6) is 0 Å². The molecule has 0 aliphatic heterocycles. The third kappa shape index (κ3) is 7.62. The number of hydrogen-bond acceptors (Lipinski definition) is 6. The molecule has 0 saturated carbocycles. The van der Waals surface area contributed by atoms with Crippen molar-refractivity contribution in [2.45, 2.75) is 38.9 Å². The molecule has 0 spiro atoms. The number of Topliss-reactive ketones (excluding diaryl/α,β-unsaturated/α-hetero) is 1. The Morgan fingerprint density at radius 1 is 0.952 bits per heavy atom. The van der Waals surface area contributed by atoms with Gasteiger partial charge in [-0.15, -0.1) is 0 Å². The highest BCUT2D eigenvalue weighted by atomic mass is 19.3. The molecule has 3 N–H and O–H groups in total. The summed E-state index contributed by atoms with van der Waals surface area (Å²) in [5.41, 5.74) is 0.118. The highest BCUT2D eigenvalue weighted by Crippen LogP contribution is 2.22. The van der Waals surface area contributed by atoms with Gasteiger partial charge in [-0.25, -0.2) is 9.18 Å². The summed E-state index contributed by atoms with van der Waals surface area (Å²) >= 11 is 0. The molecule has 0 aliphatic carbocycles. The molecule has 42 heavy (non-hydrogen) atoms. The third-order valence-electron chi connectivity index (χ3n) is 6.19. The first-order valence-electron chi connectivity index (χ1n) is 12.7. The molecule has 0 bridgehead atoms. The quantitative estimate of drug-likeness (QED) is 0.295. The van der Waals surface area contributed by atoms with Crippen molar-refractivity contribution < 1.29 is 37.1 Å². The van der Waals surface area contributed by atoms with Crippen molar-refractivity contribution in [3.63, 3.8) is 0 Å². The molecular formula is C29H29F3N4O6. The summed E-state index contributed by atoms with van der Waals surface area (Å²) in [5, 5.41) is 6.42. The van der Waals surface area contributed by atoms with Gasteiger partial charge >= 0.3 is 12.0 Å². The van der Waals surface area contributed by atoms with Crippen molar-refractivity contribution >= 4 is 29.4 Å². The minimum Gasteiger partial charge on any atom is -0.453 e. The summed E-state index contributed by atoms with van der Waals surface area (Å²) in [6, 6.07) is 14.2. The molecule has 1 atom stereocenters. The van der Waals surface area contributed by atoms with E-state index in [0.717, 1.165) is 23.8 Å². The first kappa shape index (κ1) is 31.6. The summed E-state index contributed by atoms with van der Waals surface area (Å²) in [5.74, 6) is -10.6. The van der Waals surface area contributed by atoms with E-state index in [1.165, 1.54) is 38.1 Å². The maximum atomic E-state index is 14.9. The smallest absolute Gasteiger partial charge is 0.411 e. The van der Waals surface area contributed by atoms with Crippen LogP contribution in [0, 0.1) is 11.7 Å². The molecule has 13 heteroatoms. The van der Waals surface area contributed by atoms with Crippen molar-refractivity contribution in [3.05, 3.63) is 88.5 Å². The predicted molar refractivity (Wildman–Crippen MR) is 147 cm³/mol. The Kier molecular flexibility index (Phi) is 10.2. The number of pyridine rings is 1. The first-order valence-corrected chi connectivity index (χ1v) is 12.7. The molecular weight excluding hydrogens is 557 g/mol. The Hall–Kier alpha value is -4.94. The van der Waals surface area contributed by atoms with Crippen LogP contribution in [0.4, 0.5) is 23.7 Å². The minimum absolute atomic E-state index is 0.213. The van der Waals surface area contributed by atoms with E-state index in [9.17, 15) is 37.1 Å². The second kappa shape index (κ2) is 13.6. The summed E-state index contributed by atoms with van der Waals surface area (Å²) in [6.45, 7) is 1.70. The number of carbonyl (C=O) groups excluding carboxylic acids is 4. The van der Waals surface area contributed by atoms with Gasteiger partial charge in [0, 0.05) is 6.54 Å². The number of carbonyl (C=O) groups is 4. The van der Waals surface area contributed by atoms with Gasteiger partial charge in [-0.2, -0.15) is 8.78 Å². The van der Waals surface area contributed by atoms with E-state index < -0.39 is 59.5 Å². The number of methoxy groups -OCH3 is 1. The van der Waals surface area contributed by atoms with Gasteiger partial charge in [-0.1, -0.05) is 56.3 Å². The van der Waals surface area contributed by atoms with Crippen molar-refractivity contribution in [2.24, 2.45) is 5.92 Å². The zero-order valence-electron chi connectivity index (χ0n) is 23.0. The van der Waals surface area contributed by atoms with Crippen LogP contribution < -0.4 is 21.5 Å². The number of alkyl halides is 2. The Morgan fingerprint density at radius 2 is 1.60 bits per heavy atom. The molecule has 0 aliphatic rings. The number of benzene rings is 2. The van der Waals surface area contributed by atoms with E-state index in [2.05, 4.69) is 15.4 Å². The van der Waals surface area contributed by atoms with Crippen LogP contribution in [0.15, 0.2) is 71.5 Å². The molecule has 2 aromatic carbocycles. The average molecular weight is 587 g/mol. The maximum absolute atomic E-state index is 14.9. The van der Waals surface area contributed by atoms with Crippen molar-refractivity contribution in [1.29, 1.82) is 0 Å². The number of nitrogens with zero attached hydrogens (tertiary/aromatic N) is 1. The molecule has 3 amide bonds. The van der Waals surface area contributed by atoms with Crippen LogP contribution >= 0.6 is 0 Å². The Labute approximate surface area is 238 Å². The SMILES string of the molecule is COC(=O)Nc1ccc(-c2ccccc2)n(CC(=O)NC(C(=O)C(F)(F)C(=O)NCc2ccc(F)cc2)C(C)C)c1=O. The molecule has 1 unspecified atom stereocenters. The monoisotopic (exact) mass is 586 g/mol. The number of nitrogens with one attached hydrogen (secondary N) is 3. The van der Waals surface area contributed by atoms with Gasteiger partial charge in [0.15, 0.2) is 0 Å². The second-order valence-corrected chi connectivity index (χ2v) is 9.54. The van der Waals surface area contributed by atoms with Crippen LogP contribution in [0.3, 0.4) is 0 Å². The zero-order valence-corrected chi connectivity index (χ0v) is 23.0. The second-order valence-electron chi connectivity index (χ2n) is 9.54. The largest absolute Gasteiger partial charge is 0.453 e. The van der Waals surface area contributed by atoms with E-state index in [4.69, 9.17) is 0 Å². The van der Waals surface area contributed by atoms with E-state index in [-0.39, 0.29) is 17.9 Å². The van der Waals surface area contributed by atoms with Crippen LogP contribution in [-0.4, -0.2) is 47.3 Å². The predicted octanol–water partition coefficient (Wildman–Crippen LogP) is 3.49. The van der Waals surface area contributed by atoms with Gasteiger partial charge in [-0.3, -0.25) is 29.1 Å². The van der Waals surface area contributed by atoms with Gasteiger partial charge in [0.25, 0.3) is 11.5 Å². The normalized spacial score (nSPS) is 11.9. The lowest BCUT2D eigenvalue weighted by Crippen LogP contribution is -2.56. The number of hydrogen-bond donors (Lipinski definition) is 3. The maximum Gasteiger partial charge on any atom is 0.411 e. The fraction of sp³-hybridized carbons (Fsp3) is 0.276. The molecule has 1 heterocycles. The number of amides is 3. The zero-order chi connectivity index (χ0) is 31.0. The van der Waals surface area contributed by atoms with Gasteiger partial charge < -0.3 is 15.4 Å². The number of ketones is 1. The van der Waals surface area contributed by atoms with E-state index >= 15 is 0 Å². The molecule has 10 nitrogen and oxygen atoms in total. The van der Waals surface area contributed by atoms with Crippen LogP contribution in [-0.2, 0) is 32.2 Å². The minimum atomic E-state index is -4.52. The average Bonchev–Trinajstić information content (AvgIpc) is 2.97. The van der Waals surface area contributed by atoms with E-state index in [0.29, 0.717) is 11.1 Å². The Morgan fingerprint density at radius 3 is 2.19 bits per heavy atom. The summed E-state index contributed by atoms with van der Waals surface area (Å²) in [7, 11) is 1.10.